The minimum Gasteiger partial charge on any atom is -0.494 e. The van der Waals surface area contributed by atoms with E-state index < -0.39 is 0 Å². The second kappa shape index (κ2) is 11.2. The number of nitrogens with one attached hydrogen (secondary N) is 1. The van der Waals surface area contributed by atoms with Gasteiger partial charge in [0.05, 0.1) is 30.1 Å². The highest BCUT2D eigenvalue weighted by Crippen LogP contribution is 2.52. The third-order valence-corrected chi connectivity index (χ3v) is 10.0. The van der Waals surface area contributed by atoms with Gasteiger partial charge in [0, 0.05) is 50.1 Å². The Morgan fingerprint density at radius 3 is 2.70 bits per heavy atom. The van der Waals surface area contributed by atoms with Crippen LogP contribution in [0.4, 0.5) is 0 Å². The number of benzene rings is 1. The summed E-state index contributed by atoms with van der Waals surface area (Å²) in [5, 5.41) is 4.19. The van der Waals surface area contributed by atoms with Crippen molar-refractivity contribution in [3.05, 3.63) is 41.6 Å². The maximum atomic E-state index is 13.5. The summed E-state index contributed by atoms with van der Waals surface area (Å²) in [6.07, 6.45) is 9.06. The van der Waals surface area contributed by atoms with E-state index in [0.717, 1.165) is 84.3 Å². The van der Waals surface area contributed by atoms with E-state index in [1.54, 1.807) is 7.11 Å². The van der Waals surface area contributed by atoms with Crippen molar-refractivity contribution in [3.63, 3.8) is 0 Å². The summed E-state index contributed by atoms with van der Waals surface area (Å²) in [5.41, 5.74) is 11.3. The predicted octanol–water partition coefficient (Wildman–Crippen LogP) is 5.08. The van der Waals surface area contributed by atoms with Gasteiger partial charge in [0.25, 0.3) is 5.91 Å². The van der Waals surface area contributed by atoms with Gasteiger partial charge in [-0.05, 0) is 81.2 Å². The normalized spacial score (nSPS) is 22.4. The van der Waals surface area contributed by atoms with Gasteiger partial charge in [-0.25, -0.2) is 9.97 Å². The topological polar surface area (TPSA) is 120 Å². The molecule has 2 atom stereocenters. The molecule has 1 aliphatic carbocycles. The van der Waals surface area contributed by atoms with Gasteiger partial charge < -0.3 is 29.8 Å². The molecule has 7 rings (SSSR count). The van der Waals surface area contributed by atoms with E-state index in [0.29, 0.717) is 30.8 Å². The summed E-state index contributed by atoms with van der Waals surface area (Å²) < 4.78 is 10.3. The first-order chi connectivity index (χ1) is 21.2. The highest BCUT2D eigenvalue weighted by atomic mass is 16.5. The lowest BCUT2D eigenvalue weighted by Crippen LogP contribution is -2.45. The maximum absolute atomic E-state index is 13.5. The molecule has 232 valence electrons. The molecule has 10 nitrogen and oxygen atoms in total. The number of rotatable bonds is 3. The highest BCUT2D eigenvalue weighted by Gasteiger charge is 2.43. The predicted molar refractivity (Wildman–Crippen MR) is 170 cm³/mol. The van der Waals surface area contributed by atoms with Gasteiger partial charge in [-0.15, -0.1) is 0 Å². The zero-order valence-corrected chi connectivity index (χ0v) is 26.1. The molecule has 2 fully saturated rings. The van der Waals surface area contributed by atoms with Crippen LogP contribution in [0.3, 0.4) is 0 Å². The fourth-order valence-electron chi connectivity index (χ4n) is 7.27. The first-order valence-corrected chi connectivity index (χ1v) is 16.1. The number of imidazole rings is 1. The summed E-state index contributed by atoms with van der Waals surface area (Å²) in [4.78, 5) is 38.3. The average Bonchev–Trinajstić information content (AvgIpc) is 3.58. The number of likely N-dealkylation sites (tertiary alicyclic amines) is 1. The highest BCUT2D eigenvalue weighted by molar-refractivity contribution is 6.00. The van der Waals surface area contributed by atoms with Crippen LogP contribution >= 0.6 is 0 Å². The van der Waals surface area contributed by atoms with Gasteiger partial charge in [0.2, 0.25) is 5.91 Å². The fraction of sp³-hybridized carbons (Fsp3) is 0.529. The third-order valence-electron chi connectivity index (χ3n) is 10.0. The maximum Gasteiger partial charge on any atom is 0.254 e. The van der Waals surface area contributed by atoms with Gasteiger partial charge in [-0.2, -0.15) is 0 Å². The SMILES string of the molecule is COc1cc(C(=O)N2CCC[C@@H](N)C2)cc2nc(-c3cc4ccc5nc4n3CC3(CCCCCC(=O)N[C@@H]5C)CC3)n(C)c12. The molecular formula is C34H43N7O3. The number of carbonyl (C=O) groups excluding carboxylic acids is 2. The summed E-state index contributed by atoms with van der Waals surface area (Å²) >= 11 is 0. The molecule has 1 saturated heterocycles. The van der Waals surface area contributed by atoms with E-state index in [4.69, 9.17) is 20.4 Å². The largest absolute Gasteiger partial charge is 0.494 e. The van der Waals surface area contributed by atoms with Crippen LogP contribution in [0, 0.1) is 5.41 Å². The number of hydrogen-bond acceptors (Lipinski definition) is 6. The van der Waals surface area contributed by atoms with Crippen LogP contribution in [0.5, 0.6) is 5.75 Å². The molecule has 3 aliphatic rings. The van der Waals surface area contributed by atoms with Crippen LogP contribution in [-0.4, -0.2) is 62.1 Å². The molecule has 1 spiro atoms. The summed E-state index contributed by atoms with van der Waals surface area (Å²) in [6, 6.07) is 9.85. The molecule has 2 amide bonds. The minimum atomic E-state index is -0.179. The zero-order chi connectivity index (χ0) is 30.6. The number of nitrogens with two attached hydrogens (primary N) is 1. The summed E-state index contributed by atoms with van der Waals surface area (Å²) in [7, 11) is 3.65. The van der Waals surface area contributed by atoms with Crippen LogP contribution in [0.25, 0.3) is 33.6 Å². The van der Waals surface area contributed by atoms with Crippen LogP contribution in [0.15, 0.2) is 30.3 Å². The van der Waals surface area contributed by atoms with E-state index in [9.17, 15) is 9.59 Å². The number of pyridine rings is 1. The second-order valence-electron chi connectivity index (χ2n) is 13.3. The zero-order valence-electron chi connectivity index (χ0n) is 26.1. The van der Waals surface area contributed by atoms with Gasteiger partial charge in [-0.3, -0.25) is 9.59 Å². The molecule has 0 unspecified atom stereocenters. The molecule has 4 aromatic rings. The number of aromatic nitrogens is 4. The number of ether oxygens (including phenoxy) is 1. The van der Waals surface area contributed by atoms with Crippen molar-refractivity contribution >= 4 is 33.9 Å². The second-order valence-corrected chi connectivity index (χ2v) is 13.3. The van der Waals surface area contributed by atoms with Crippen molar-refractivity contribution in [1.29, 1.82) is 0 Å². The van der Waals surface area contributed by atoms with Crippen LogP contribution < -0.4 is 15.8 Å². The number of fused-ring (bicyclic) bond motifs is 2. The Balaban J connectivity index is 1.35. The van der Waals surface area contributed by atoms with Crippen LogP contribution in [0.1, 0.15) is 86.8 Å². The van der Waals surface area contributed by atoms with Crippen LogP contribution in [-0.2, 0) is 18.4 Å². The smallest absolute Gasteiger partial charge is 0.254 e. The Kier molecular flexibility index (Phi) is 7.35. The summed E-state index contributed by atoms with van der Waals surface area (Å²) in [5.74, 6) is 1.47. The van der Waals surface area contributed by atoms with E-state index in [1.165, 1.54) is 12.8 Å². The van der Waals surface area contributed by atoms with Crippen molar-refractivity contribution in [1.82, 2.24) is 29.3 Å². The molecular weight excluding hydrogens is 554 g/mol. The van der Waals surface area contributed by atoms with Gasteiger partial charge in [0.1, 0.15) is 16.9 Å². The van der Waals surface area contributed by atoms with Crippen molar-refractivity contribution in [2.45, 2.75) is 83.3 Å². The first kappa shape index (κ1) is 28.8. The van der Waals surface area contributed by atoms with E-state index in [-0.39, 0.29) is 29.3 Å². The first-order valence-electron chi connectivity index (χ1n) is 16.1. The molecule has 44 heavy (non-hydrogen) atoms. The Hall–Kier alpha value is -3.92. The number of hydrogen-bond donors (Lipinski definition) is 2. The standard InChI is InChI=1S/C34H43N7O3/c1-21-25-11-10-22-17-27(41(31(22)37-25)20-34(13-14-34)12-6-4-5-9-29(42)36-21)32-38-26-16-23(18-28(44-3)30(26)39(32)2)33(43)40-15-7-8-24(35)19-40/h10-11,16-18,21,24H,4-9,12-15,19-20,35H2,1-3H3,(H,36,42)/t21-,24-/m1/s1. The lowest BCUT2D eigenvalue weighted by molar-refractivity contribution is -0.121. The molecule has 5 heterocycles. The van der Waals surface area contributed by atoms with Crippen molar-refractivity contribution in [2.24, 2.45) is 18.2 Å². The number of amides is 2. The summed E-state index contributed by atoms with van der Waals surface area (Å²) in [6.45, 7) is 4.15. The molecule has 3 N–H and O–H groups in total. The van der Waals surface area contributed by atoms with E-state index in [2.05, 4.69) is 26.6 Å². The Bertz CT molecular complexity index is 1750. The Morgan fingerprint density at radius 2 is 1.93 bits per heavy atom. The average molecular weight is 598 g/mol. The third kappa shape index (κ3) is 5.23. The monoisotopic (exact) mass is 597 g/mol. The molecule has 1 saturated carbocycles. The lowest BCUT2D eigenvalue weighted by atomic mass is 9.97. The number of methoxy groups -OCH3 is 1. The molecule has 3 aromatic heterocycles. The van der Waals surface area contributed by atoms with E-state index in [1.807, 2.05) is 37.1 Å². The van der Waals surface area contributed by atoms with Gasteiger partial charge in [0.15, 0.2) is 5.82 Å². The van der Waals surface area contributed by atoms with Gasteiger partial charge in [-0.1, -0.05) is 12.8 Å². The quantitative estimate of drug-likeness (QED) is 0.340. The lowest BCUT2D eigenvalue weighted by Gasteiger charge is -2.30. The molecule has 1 aromatic carbocycles. The Labute approximate surface area is 257 Å². The van der Waals surface area contributed by atoms with Crippen molar-refractivity contribution < 1.29 is 14.3 Å². The van der Waals surface area contributed by atoms with Crippen molar-refractivity contribution in [2.75, 3.05) is 20.2 Å². The minimum absolute atomic E-state index is 0.00711. The number of carbonyl (C=O) groups is 2. The molecule has 10 heteroatoms. The van der Waals surface area contributed by atoms with Crippen molar-refractivity contribution in [3.8, 4) is 17.3 Å². The number of nitrogens with zero attached hydrogens (tertiary/aromatic N) is 5. The fourth-order valence-corrected chi connectivity index (χ4v) is 7.27. The number of aryl methyl sites for hydroxylation is 1. The van der Waals surface area contributed by atoms with E-state index >= 15 is 0 Å². The van der Waals surface area contributed by atoms with Crippen LogP contribution in [0.2, 0.25) is 0 Å². The molecule has 2 aliphatic heterocycles. The Morgan fingerprint density at radius 1 is 1.09 bits per heavy atom. The van der Waals surface area contributed by atoms with Gasteiger partial charge >= 0.3 is 0 Å². The number of piperidine rings is 1. The molecule has 2 bridgehead atoms. The molecule has 0 radical (unpaired) electrons.